The molecule has 0 fully saturated rings. The van der Waals surface area contributed by atoms with Crippen LogP contribution >= 0.6 is 0 Å². The van der Waals surface area contributed by atoms with Crippen LogP contribution in [-0.4, -0.2) is 60.6 Å². The standard InChI is InChI=1S/C28H36N4O4S/c1-20(2)17-31(18-21(3)4)28(34)25(29-27(33)22-12-8-7-9-13-22)16-23-19-32(37(35,36)30(5)6)26-15-11-10-14-24(23)26/h7-16,19-21H,17-18H2,1-6H3,(H,29,33). The molecule has 0 atom stereocenters. The molecular weight excluding hydrogens is 488 g/mol. The molecule has 3 rings (SSSR count). The van der Waals surface area contributed by atoms with Gasteiger partial charge in [-0.05, 0) is 36.1 Å². The fourth-order valence-electron chi connectivity index (χ4n) is 4.04. The fourth-order valence-corrected chi connectivity index (χ4v) is 5.05. The Bertz CT molecular complexity index is 1380. The Labute approximate surface area is 219 Å². The van der Waals surface area contributed by atoms with E-state index in [9.17, 15) is 18.0 Å². The SMILES string of the molecule is CC(C)CN(CC(C)C)C(=O)C(=Cc1cn(S(=O)(=O)N(C)C)c2ccccc12)NC(=O)c1ccccc1. The Balaban J connectivity index is 2.17. The second kappa shape index (κ2) is 11.7. The quantitative estimate of drug-likeness (QED) is 0.402. The second-order valence-electron chi connectivity index (χ2n) is 10.1. The van der Waals surface area contributed by atoms with Crippen LogP contribution in [-0.2, 0) is 15.0 Å². The van der Waals surface area contributed by atoms with E-state index in [1.54, 1.807) is 59.5 Å². The maximum atomic E-state index is 13.8. The third kappa shape index (κ3) is 6.67. The van der Waals surface area contributed by atoms with E-state index in [4.69, 9.17) is 0 Å². The maximum Gasteiger partial charge on any atom is 0.307 e. The average Bonchev–Trinajstić information content (AvgIpc) is 3.21. The monoisotopic (exact) mass is 524 g/mol. The van der Waals surface area contributed by atoms with Gasteiger partial charge in [0.05, 0.1) is 5.52 Å². The van der Waals surface area contributed by atoms with E-state index in [1.165, 1.54) is 24.3 Å². The number of rotatable bonds is 10. The lowest BCUT2D eigenvalue weighted by molar-refractivity contribution is -0.128. The Hall–Kier alpha value is -3.43. The van der Waals surface area contributed by atoms with E-state index < -0.39 is 16.1 Å². The molecule has 1 heterocycles. The molecule has 0 aliphatic carbocycles. The van der Waals surface area contributed by atoms with Crippen LogP contribution in [0.1, 0.15) is 43.6 Å². The summed E-state index contributed by atoms with van der Waals surface area (Å²) >= 11 is 0. The molecule has 2 amide bonds. The highest BCUT2D eigenvalue weighted by atomic mass is 32.2. The Kier molecular flexibility index (Phi) is 8.94. The summed E-state index contributed by atoms with van der Waals surface area (Å²) in [6.07, 6.45) is 3.05. The molecule has 0 saturated heterocycles. The van der Waals surface area contributed by atoms with Crippen molar-refractivity contribution in [3.63, 3.8) is 0 Å². The number of nitrogens with zero attached hydrogens (tertiary/aromatic N) is 3. The van der Waals surface area contributed by atoms with Gasteiger partial charge >= 0.3 is 10.2 Å². The molecule has 9 heteroatoms. The minimum atomic E-state index is -3.81. The molecule has 1 aromatic heterocycles. The normalized spacial score (nSPS) is 12.5. The van der Waals surface area contributed by atoms with Crippen LogP contribution in [0, 0.1) is 11.8 Å². The minimum absolute atomic E-state index is 0.0836. The predicted molar refractivity (Wildman–Crippen MR) is 148 cm³/mol. The topological polar surface area (TPSA) is 91.7 Å². The van der Waals surface area contributed by atoms with Crippen LogP contribution in [0.5, 0.6) is 0 Å². The summed E-state index contributed by atoms with van der Waals surface area (Å²) in [5.41, 5.74) is 1.48. The Morgan fingerprint density at radius 2 is 1.49 bits per heavy atom. The molecule has 198 valence electrons. The highest BCUT2D eigenvalue weighted by molar-refractivity contribution is 7.87. The number of amides is 2. The van der Waals surface area contributed by atoms with E-state index >= 15 is 0 Å². The van der Waals surface area contributed by atoms with Crippen molar-refractivity contribution in [1.29, 1.82) is 0 Å². The number of fused-ring (bicyclic) bond motifs is 1. The van der Waals surface area contributed by atoms with E-state index in [0.29, 0.717) is 35.1 Å². The van der Waals surface area contributed by atoms with Crippen molar-refractivity contribution >= 4 is 39.0 Å². The first-order valence-electron chi connectivity index (χ1n) is 12.3. The lowest BCUT2D eigenvalue weighted by Gasteiger charge is -2.27. The molecule has 37 heavy (non-hydrogen) atoms. The molecule has 3 aromatic rings. The molecule has 0 unspecified atom stereocenters. The zero-order valence-corrected chi connectivity index (χ0v) is 23.1. The van der Waals surface area contributed by atoms with E-state index in [2.05, 4.69) is 5.32 Å². The summed E-state index contributed by atoms with van der Waals surface area (Å²) in [5.74, 6) is -0.292. The van der Waals surface area contributed by atoms with Gasteiger partial charge in [0.15, 0.2) is 0 Å². The van der Waals surface area contributed by atoms with Gasteiger partial charge in [0.1, 0.15) is 5.70 Å². The molecule has 0 aliphatic heterocycles. The summed E-state index contributed by atoms with van der Waals surface area (Å²) in [7, 11) is -0.889. The molecule has 0 radical (unpaired) electrons. The lowest BCUT2D eigenvalue weighted by atomic mass is 10.1. The van der Waals surface area contributed by atoms with Crippen LogP contribution in [0.4, 0.5) is 0 Å². The second-order valence-corrected chi connectivity index (χ2v) is 12.1. The van der Waals surface area contributed by atoms with Crippen molar-refractivity contribution < 1.29 is 18.0 Å². The largest absolute Gasteiger partial charge is 0.337 e. The average molecular weight is 525 g/mol. The Morgan fingerprint density at radius 3 is 2.05 bits per heavy atom. The van der Waals surface area contributed by atoms with Crippen LogP contribution in [0.15, 0.2) is 66.5 Å². The number of nitrogens with one attached hydrogen (secondary N) is 1. The number of aromatic nitrogens is 1. The van der Waals surface area contributed by atoms with Gasteiger partial charge in [0.25, 0.3) is 11.8 Å². The summed E-state index contributed by atoms with van der Waals surface area (Å²) in [6.45, 7) is 9.18. The number of para-hydroxylation sites is 1. The predicted octanol–water partition coefficient (Wildman–Crippen LogP) is 4.21. The Morgan fingerprint density at radius 1 is 0.919 bits per heavy atom. The van der Waals surface area contributed by atoms with Crippen molar-refractivity contribution in [2.75, 3.05) is 27.2 Å². The van der Waals surface area contributed by atoms with Crippen LogP contribution in [0.25, 0.3) is 17.0 Å². The summed E-state index contributed by atoms with van der Waals surface area (Å²) in [4.78, 5) is 28.7. The van der Waals surface area contributed by atoms with E-state index in [-0.39, 0.29) is 23.4 Å². The molecule has 0 spiro atoms. The maximum absolute atomic E-state index is 13.8. The third-order valence-corrected chi connectivity index (χ3v) is 7.41. The first-order valence-corrected chi connectivity index (χ1v) is 13.7. The molecule has 0 bridgehead atoms. The van der Waals surface area contributed by atoms with Crippen LogP contribution in [0.3, 0.4) is 0 Å². The van der Waals surface area contributed by atoms with E-state index in [0.717, 1.165) is 4.31 Å². The number of carbonyl (C=O) groups excluding carboxylic acids is 2. The van der Waals surface area contributed by atoms with Gasteiger partial charge in [-0.3, -0.25) is 9.59 Å². The van der Waals surface area contributed by atoms with Gasteiger partial charge in [-0.15, -0.1) is 0 Å². The molecule has 0 saturated carbocycles. The zero-order valence-electron chi connectivity index (χ0n) is 22.3. The molecule has 1 N–H and O–H groups in total. The van der Waals surface area contributed by atoms with Crippen molar-refractivity contribution in [1.82, 2.24) is 18.5 Å². The smallest absolute Gasteiger partial charge is 0.307 e. The number of benzene rings is 2. The molecule has 0 aliphatic rings. The minimum Gasteiger partial charge on any atom is -0.337 e. The summed E-state index contributed by atoms with van der Waals surface area (Å²) in [6, 6.07) is 15.7. The van der Waals surface area contributed by atoms with Gasteiger partial charge in [-0.1, -0.05) is 64.1 Å². The summed E-state index contributed by atoms with van der Waals surface area (Å²) in [5, 5.41) is 3.45. The molecular formula is C28H36N4O4S. The lowest BCUT2D eigenvalue weighted by Crippen LogP contribution is -2.42. The third-order valence-electron chi connectivity index (χ3n) is 5.69. The van der Waals surface area contributed by atoms with Gasteiger partial charge < -0.3 is 10.2 Å². The number of carbonyl (C=O) groups is 2. The first-order chi connectivity index (χ1) is 17.4. The van der Waals surface area contributed by atoms with Crippen molar-refractivity contribution in [3.05, 3.63) is 77.6 Å². The first kappa shape index (κ1) is 28.1. The van der Waals surface area contributed by atoms with Gasteiger partial charge in [-0.2, -0.15) is 12.7 Å². The summed E-state index contributed by atoms with van der Waals surface area (Å²) < 4.78 is 28.3. The molecule has 8 nitrogen and oxygen atoms in total. The fraction of sp³-hybridized carbons (Fsp3) is 0.357. The van der Waals surface area contributed by atoms with Crippen molar-refractivity contribution in [2.24, 2.45) is 11.8 Å². The molecule has 2 aromatic carbocycles. The van der Waals surface area contributed by atoms with Gasteiger partial charge in [0.2, 0.25) is 0 Å². The number of hydrogen-bond donors (Lipinski definition) is 1. The highest BCUT2D eigenvalue weighted by Crippen LogP contribution is 2.26. The van der Waals surface area contributed by atoms with Gasteiger partial charge in [-0.25, -0.2) is 3.97 Å². The van der Waals surface area contributed by atoms with E-state index in [1.807, 2.05) is 33.8 Å². The highest BCUT2D eigenvalue weighted by Gasteiger charge is 2.25. The zero-order chi connectivity index (χ0) is 27.3. The van der Waals surface area contributed by atoms with Crippen LogP contribution in [0.2, 0.25) is 0 Å². The van der Waals surface area contributed by atoms with Crippen LogP contribution < -0.4 is 5.32 Å². The number of hydrogen-bond acceptors (Lipinski definition) is 4. The van der Waals surface area contributed by atoms with Crippen molar-refractivity contribution in [2.45, 2.75) is 27.7 Å². The van der Waals surface area contributed by atoms with Crippen molar-refractivity contribution in [3.8, 4) is 0 Å². The van der Waals surface area contributed by atoms with Gasteiger partial charge in [0, 0.05) is 49.9 Å².